The van der Waals surface area contributed by atoms with Crippen LogP contribution in [0.3, 0.4) is 0 Å². The molecule has 4 nitrogen and oxygen atoms in total. The molecule has 0 unspecified atom stereocenters. The maximum atomic E-state index is 13.8. The van der Waals surface area contributed by atoms with Gasteiger partial charge in [0, 0.05) is 39.6 Å². The fourth-order valence-electron chi connectivity index (χ4n) is 2.71. The Hall–Kier alpha value is -1.40. The molecule has 1 aliphatic heterocycles. The van der Waals surface area contributed by atoms with E-state index in [1.54, 1.807) is 6.07 Å². The van der Waals surface area contributed by atoms with Crippen LogP contribution < -0.4 is 14.8 Å². The fourth-order valence-corrected chi connectivity index (χ4v) is 2.71. The molecule has 2 rings (SSSR count). The third kappa shape index (κ3) is 4.08. The zero-order valence-electron chi connectivity index (χ0n) is 13.4. The van der Waals surface area contributed by atoms with Gasteiger partial charge in [-0.15, -0.1) is 0 Å². The minimum Gasteiger partial charge on any atom is -0.493 e. The van der Waals surface area contributed by atoms with E-state index in [1.807, 2.05) is 0 Å². The average Bonchev–Trinajstić information content (AvgIpc) is 2.52. The van der Waals surface area contributed by atoms with Gasteiger partial charge in [0.1, 0.15) is 0 Å². The van der Waals surface area contributed by atoms with Crippen molar-refractivity contribution in [1.82, 2.24) is 10.2 Å². The predicted molar refractivity (Wildman–Crippen MR) is 82.1 cm³/mol. The van der Waals surface area contributed by atoms with E-state index in [0.717, 1.165) is 45.2 Å². The van der Waals surface area contributed by atoms with Crippen LogP contribution in [0.25, 0.3) is 0 Å². The van der Waals surface area contributed by atoms with Gasteiger partial charge in [-0.1, -0.05) is 0 Å². The van der Waals surface area contributed by atoms with Crippen LogP contribution in [0.15, 0.2) is 12.1 Å². The lowest BCUT2D eigenvalue weighted by Gasteiger charge is -2.27. The normalized spacial score (nSPS) is 16.6. The third-order valence-electron chi connectivity index (χ3n) is 3.94. The molecule has 0 radical (unpaired) electrons. The van der Waals surface area contributed by atoms with Gasteiger partial charge in [-0.05, 0) is 24.1 Å². The second-order valence-electron chi connectivity index (χ2n) is 5.61. The summed E-state index contributed by atoms with van der Waals surface area (Å²) in [6.45, 7) is 5.67. The highest BCUT2D eigenvalue weighted by Crippen LogP contribution is 2.41. The van der Waals surface area contributed by atoms with E-state index in [-0.39, 0.29) is 11.3 Å². The molecule has 1 aromatic carbocycles. The number of methoxy groups -OCH3 is 2. The Kier molecular flexibility index (Phi) is 5.58. The highest BCUT2D eigenvalue weighted by Gasteiger charge is 2.31. The molecule has 6 heteroatoms. The second kappa shape index (κ2) is 7.24. The lowest BCUT2D eigenvalue weighted by Crippen LogP contribution is -2.44. The topological polar surface area (TPSA) is 33.7 Å². The van der Waals surface area contributed by atoms with Crippen LogP contribution >= 0.6 is 0 Å². The van der Waals surface area contributed by atoms with E-state index in [0.29, 0.717) is 12.2 Å². The first kappa shape index (κ1) is 17.0. The smallest absolute Gasteiger partial charge is 0.274 e. The van der Waals surface area contributed by atoms with Crippen molar-refractivity contribution < 1.29 is 18.3 Å². The number of nitrogens with zero attached hydrogens (tertiary/aromatic N) is 1. The molecule has 124 valence electrons. The molecular weight excluding hydrogens is 290 g/mol. The number of hydrogen-bond acceptors (Lipinski definition) is 4. The van der Waals surface area contributed by atoms with Gasteiger partial charge in [0.05, 0.1) is 19.8 Å². The number of benzene rings is 1. The molecule has 1 saturated heterocycles. The number of nitrogens with one attached hydrogen (secondary N) is 1. The standard InChI is InChI=1S/C16H24F2N2O2/c1-16(17,18)13-10-12(11-14(21-2)15(13)22-3)4-7-20-8-5-19-6-9-20/h10-11,19H,4-9H2,1-3H3. The summed E-state index contributed by atoms with van der Waals surface area (Å²) < 4.78 is 38.0. The SMILES string of the molecule is COc1cc(CCN2CCNCC2)cc(C(C)(F)F)c1OC. The van der Waals surface area contributed by atoms with E-state index in [1.165, 1.54) is 20.3 Å². The predicted octanol–water partition coefficient (Wildman–Crippen LogP) is 2.26. The van der Waals surface area contributed by atoms with E-state index in [4.69, 9.17) is 9.47 Å². The first-order valence-electron chi connectivity index (χ1n) is 7.52. The van der Waals surface area contributed by atoms with Crippen molar-refractivity contribution in [3.05, 3.63) is 23.3 Å². The molecule has 0 spiro atoms. The van der Waals surface area contributed by atoms with Gasteiger partial charge >= 0.3 is 0 Å². The Morgan fingerprint density at radius 3 is 2.41 bits per heavy atom. The molecule has 1 N–H and O–H groups in total. The molecular formula is C16H24F2N2O2. The number of halogens is 2. The van der Waals surface area contributed by atoms with Crippen LogP contribution in [0.5, 0.6) is 11.5 Å². The number of alkyl halides is 2. The number of ether oxygens (including phenoxy) is 2. The Balaban J connectivity index is 2.20. The van der Waals surface area contributed by atoms with Crippen molar-refractivity contribution in [1.29, 1.82) is 0 Å². The molecule has 0 saturated carbocycles. The first-order chi connectivity index (χ1) is 10.5. The number of rotatable bonds is 6. The third-order valence-corrected chi connectivity index (χ3v) is 3.94. The molecule has 0 amide bonds. The van der Waals surface area contributed by atoms with E-state index < -0.39 is 5.92 Å². The molecule has 1 fully saturated rings. The van der Waals surface area contributed by atoms with Crippen LogP contribution in [0.1, 0.15) is 18.1 Å². The maximum absolute atomic E-state index is 13.8. The monoisotopic (exact) mass is 314 g/mol. The molecule has 0 aliphatic carbocycles. The van der Waals surface area contributed by atoms with Crippen LogP contribution in [-0.2, 0) is 12.3 Å². The molecule has 0 atom stereocenters. The van der Waals surface area contributed by atoms with Gasteiger partial charge in [0.25, 0.3) is 5.92 Å². The van der Waals surface area contributed by atoms with Crippen molar-refractivity contribution in [2.45, 2.75) is 19.3 Å². The van der Waals surface area contributed by atoms with Crippen molar-refractivity contribution >= 4 is 0 Å². The van der Waals surface area contributed by atoms with E-state index in [2.05, 4.69) is 10.2 Å². The molecule has 1 aromatic rings. The lowest BCUT2D eigenvalue weighted by molar-refractivity contribution is 0.0146. The summed E-state index contributed by atoms with van der Waals surface area (Å²) in [6.07, 6.45) is 0.712. The highest BCUT2D eigenvalue weighted by atomic mass is 19.3. The van der Waals surface area contributed by atoms with Crippen LogP contribution in [0, 0.1) is 0 Å². The molecule has 1 aliphatic rings. The number of hydrogen-bond donors (Lipinski definition) is 1. The minimum atomic E-state index is -2.97. The fraction of sp³-hybridized carbons (Fsp3) is 0.625. The van der Waals surface area contributed by atoms with Crippen LogP contribution in [-0.4, -0.2) is 51.8 Å². The van der Waals surface area contributed by atoms with Gasteiger partial charge in [0.2, 0.25) is 0 Å². The summed E-state index contributed by atoms with van der Waals surface area (Å²) in [6, 6.07) is 3.32. The van der Waals surface area contributed by atoms with E-state index >= 15 is 0 Å². The van der Waals surface area contributed by atoms with Crippen LogP contribution in [0.4, 0.5) is 8.78 Å². The summed E-state index contributed by atoms with van der Waals surface area (Å²) in [5.41, 5.74) is 0.720. The Morgan fingerprint density at radius 2 is 1.86 bits per heavy atom. The lowest BCUT2D eigenvalue weighted by atomic mass is 10.0. The van der Waals surface area contributed by atoms with Crippen molar-refractivity contribution in [3.8, 4) is 11.5 Å². The molecule has 1 heterocycles. The second-order valence-corrected chi connectivity index (χ2v) is 5.61. The van der Waals surface area contributed by atoms with Crippen molar-refractivity contribution in [2.24, 2.45) is 0 Å². The van der Waals surface area contributed by atoms with E-state index in [9.17, 15) is 8.78 Å². The van der Waals surface area contributed by atoms with Crippen molar-refractivity contribution in [3.63, 3.8) is 0 Å². The largest absolute Gasteiger partial charge is 0.493 e. The summed E-state index contributed by atoms with van der Waals surface area (Å²) in [5.74, 6) is -2.50. The van der Waals surface area contributed by atoms with Gasteiger partial charge in [-0.2, -0.15) is 0 Å². The van der Waals surface area contributed by atoms with Gasteiger partial charge in [-0.25, -0.2) is 8.78 Å². The average molecular weight is 314 g/mol. The molecule has 0 bridgehead atoms. The van der Waals surface area contributed by atoms with Gasteiger partial charge in [0.15, 0.2) is 11.5 Å². The van der Waals surface area contributed by atoms with Crippen molar-refractivity contribution in [2.75, 3.05) is 46.9 Å². The molecule has 22 heavy (non-hydrogen) atoms. The quantitative estimate of drug-likeness (QED) is 0.873. The zero-order chi connectivity index (χ0) is 16.2. The van der Waals surface area contributed by atoms with Crippen LogP contribution in [0.2, 0.25) is 0 Å². The Morgan fingerprint density at radius 1 is 1.18 bits per heavy atom. The Labute approximate surface area is 130 Å². The summed E-state index contributed by atoms with van der Waals surface area (Å²) in [7, 11) is 2.85. The first-order valence-corrected chi connectivity index (χ1v) is 7.52. The highest BCUT2D eigenvalue weighted by molar-refractivity contribution is 5.51. The summed E-state index contributed by atoms with van der Waals surface area (Å²) in [5, 5.41) is 3.30. The van der Waals surface area contributed by atoms with Gasteiger partial charge in [-0.3, -0.25) is 0 Å². The minimum absolute atomic E-state index is 0.112. The molecule has 0 aromatic heterocycles. The number of piperazine rings is 1. The summed E-state index contributed by atoms with van der Waals surface area (Å²) in [4.78, 5) is 2.33. The maximum Gasteiger partial charge on any atom is 0.274 e. The zero-order valence-corrected chi connectivity index (χ0v) is 13.4. The summed E-state index contributed by atoms with van der Waals surface area (Å²) >= 11 is 0. The van der Waals surface area contributed by atoms with Gasteiger partial charge < -0.3 is 19.7 Å². The Bertz CT molecular complexity index is 498.